The van der Waals surface area contributed by atoms with Crippen LogP contribution >= 0.6 is 0 Å². The lowest BCUT2D eigenvalue weighted by molar-refractivity contribution is 0.0697. The summed E-state index contributed by atoms with van der Waals surface area (Å²) in [5.74, 6) is -0.435. The minimum absolute atomic E-state index is 0.00710. The molecule has 0 saturated heterocycles. The van der Waals surface area contributed by atoms with Gasteiger partial charge in [-0.15, -0.1) is 0 Å². The number of carbonyl (C=O) groups is 1. The molecular formula is C17H19NO6S. The van der Waals surface area contributed by atoms with Crippen molar-refractivity contribution in [1.82, 2.24) is 0 Å². The Balaban J connectivity index is 2.50. The number of carboxylic acid groups (broad SMARTS) is 1. The second-order valence-electron chi connectivity index (χ2n) is 5.41. The average molecular weight is 365 g/mol. The predicted molar refractivity (Wildman–Crippen MR) is 93.2 cm³/mol. The molecule has 2 aromatic rings. The summed E-state index contributed by atoms with van der Waals surface area (Å²) in [4.78, 5) is 11.1. The van der Waals surface area contributed by atoms with E-state index < -0.39 is 16.0 Å². The monoisotopic (exact) mass is 365 g/mol. The van der Waals surface area contributed by atoms with Gasteiger partial charge in [-0.3, -0.25) is 4.72 Å². The smallest absolute Gasteiger partial charge is 0.335 e. The lowest BCUT2D eigenvalue weighted by Gasteiger charge is -2.15. The molecule has 0 heterocycles. The number of carboxylic acids is 1. The molecule has 0 bridgehead atoms. The van der Waals surface area contributed by atoms with E-state index in [0.717, 1.165) is 0 Å². The molecule has 2 aromatic carbocycles. The summed E-state index contributed by atoms with van der Waals surface area (Å²) < 4.78 is 38.3. The highest BCUT2D eigenvalue weighted by atomic mass is 32.2. The molecule has 7 nitrogen and oxygen atoms in total. The average Bonchev–Trinajstić information content (AvgIpc) is 2.55. The standard InChI is InChI=1S/C17H19NO6S/c1-10-5-6-12(17(19)20)8-13(10)18-25(21,22)16-9-15(24-4)14(23-3)7-11(16)2/h5-9,18H,1-4H3,(H,19,20). The van der Waals surface area contributed by atoms with Crippen molar-refractivity contribution < 1.29 is 27.8 Å². The summed E-state index contributed by atoms with van der Waals surface area (Å²) in [7, 11) is -1.07. The highest BCUT2D eigenvalue weighted by molar-refractivity contribution is 7.92. The van der Waals surface area contributed by atoms with E-state index in [2.05, 4.69) is 4.72 Å². The van der Waals surface area contributed by atoms with Gasteiger partial charge in [-0.1, -0.05) is 6.07 Å². The Bertz CT molecular complexity index is 921. The van der Waals surface area contributed by atoms with Crippen LogP contribution in [0.25, 0.3) is 0 Å². The van der Waals surface area contributed by atoms with E-state index in [9.17, 15) is 13.2 Å². The van der Waals surface area contributed by atoms with Gasteiger partial charge in [0.2, 0.25) is 0 Å². The lowest BCUT2D eigenvalue weighted by Crippen LogP contribution is -2.16. The van der Waals surface area contributed by atoms with Gasteiger partial charge in [-0.25, -0.2) is 13.2 Å². The maximum atomic E-state index is 12.8. The second kappa shape index (κ2) is 7.02. The molecule has 2 rings (SSSR count). The Hall–Kier alpha value is -2.74. The summed E-state index contributed by atoms with van der Waals surface area (Å²) in [5.41, 5.74) is 1.27. The molecule has 0 unspecified atom stereocenters. The molecule has 25 heavy (non-hydrogen) atoms. The largest absolute Gasteiger partial charge is 0.493 e. The van der Waals surface area contributed by atoms with E-state index >= 15 is 0 Å². The molecule has 0 aliphatic heterocycles. The van der Waals surface area contributed by atoms with Gasteiger partial charge < -0.3 is 14.6 Å². The third kappa shape index (κ3) is 3.85. The zero-order valence-corrected chi connectivity index (χ0v) is 15.1. The van der Waals surface area contributed by atoms with Crippen LogP contribution in [0.4, 0.5) is 5.69 Å². The van der Waals surface area contributed by atoms with Gasteiger partial charge in [0.15, 0.2) is 11.5 Å². The van der Waals surface area contributed by atoms with Gasteiger partial charge in [0.1, 0.15) is 0 Å². The van der Waals surface area contributed by atoms with Crippen molar-refractivity contribution in [2.24, 2.45) is 0 Å². The number of benzene rings is 2. The van der Waals surface area contributed by atoms with Crippen LogP contribution in [0.5, 0.6) is 11.5 Å². The normalized spacial score (nSPS) is 11.0. The third-order valence-electron chi connectivity index (χ3n) is 3.70. The number of sulfonamides is 1. The molecule has 0 aliphatic rings. The number of methoxy groups -OCH3 is 2. The fraction of sp³-hybridized carbons (Fsp3) is 0.235. The highest BCUT2D eigenvalue weighted by Gasteiger charge is 2.21. The maximum absolute atomic E-state index is 12.8. The molecule has 0 radical (unpaired) electrons. The third-order valence-corrected chi connectivity index (χ3v) is 5.21. The van der Waals surface area contributed by atoms with Crippen molar-refractivity contribution in [3.05, 3.63) is 47.0 Å². The molecule has 0 saturated carbocycles. The number of rotatable bonds is 6. The molecule has 8 heteroatoms. The van der Waals surface area contributed by atoms with Gasteiger partial charge in [0, 0.05) is 6.07 Å². The number of nitrogens with one attached hydrogen (secondary N) is 1. The molecule has 0 aromatic heterocycles. The molecule has 0 atom stereocenters. The summed E-state index contributed by atoms with van der Waals surface area (Å²) in [6.45, 7) is 3.32. The van der Waals surface area contributed by atoms with Crippen LogP contribution in [0.3, 0.4) is 0 Å². The van der Waals surface area contributed by atoms with Gasteiger partial charge in [0.25, 0.3) is 10.0 Å². The Labute approximate surface area is 146 Å². The van der Waals surface area contributed by atoms with Crippen LogP contribution in [-0.4, -0.2) is 33.7 Å². The van der Waals surface area contributed by atoms with Crippen molar-refractivity contribution in [1.29, 1.82) is 0 Å². The lowest BCUT2D eigenvalue weighted by atomic mass is 10.1. The Morgan fingerprint density at radius 1 is 1.00 bits per heavy atom. The van der Waals surface area contributed by atoms with Crippen LogP contribution in [-0.2, 0) is 10.0 Å². The number of hydrogen-bond acceptors (Lipinski definition) is 5. The highest BCUT2D eigenvalue weighted by Crippen LogP contribution is 2.33. The summed E-state index contributed by atoms with van der Waals surface area (Å²) in [6, 6.07) is 7.17. The molecule has 0 aliphatic carbocycles. The number of hydrogen-bond donors (Lipinski definition) is 2. The predicted octanol–water partition coefficient (Wildman–Crippen LogP) is 2.82. The molecule has 0 spiro atoms. The number of aromatic carboxylic acids is 1. The first-order valence-electron chi connectivity index (χ1n) is 7.29. The first-order valence-corrected chi connectivity index (χ1v) is 8.77. The van der Waals surface area contributed by atoms with Gasteiger partial charge in [-0.2, -0.15) is 0 Å². The quantitative estimate of drug-likeness (QED) is 0.816. The molecule has 0 amide bonds. The second-order valence-corrected chi connectivity index (χ2v) is 7.06. The van der Waals surface area contributed by atoms with Gasteiger partial charge in [0.05, 0.1) is 30.4 Å². The van der Waals surface area contributed by atoms with Crippen molar-refractivity contribution in [3.8, 4) is 11.5 Å². The first kappa shape index (κ1) is 18.6. The number of anilines is 1. The minimum atomic E-state index is -3.95. The van der Waals surface area contributed by atoms with Gasteiger partial charge in [-0.05, 0) is 43.2 Å². The van der Waals surface area contributed by atoms with E-state index in [0.29, 0.717) is 16.9 Å². The molecule has 134 valence electrons. The van der Waals surface area contributed by atoms with Crippen LogP contribution in [0.1, 0.15) is 21.5 Å². The fourth-order valence-electron chi connectivity index (χ4n) is 2.32. The maximum Gasteiger partial charge on any atom is 0.335 e. The van der Waals surface area contributed by atoms with E-state index in [1.165, 1.54) is 32.4 Å². The molecular weight excluding hydrogens is 346 g/mol. The summed E-state index contributed by atoms with van der Waals surface area (Å²) >= 11 is 0. The van der Waals surface area contributed by atoms with Crippen LogP contribution < -0.4 is 14.2 Å². The Morgan fingerprint density at radius 3 is 2.16 bits per heavy atom. The SMILES string of the molecule is COc1cc(C)c(S(=O)(=O)Nc2cc(C(=O)O)ccc2C)cc1OC. The minimum Gasteiger partial charge on any atom is -0.493 e. The van der Waals surface area contributed by atoms with Crippen molar-refractivity contribution in [2.45, 2.75) is 18.7 Å². The van der Waals surface area contributed by atoms with Crippen molar-refractivity contribution in [3.63, 3.8) is 0 Å². The van der Waals surface area contributed by atoms with Crippen LogP contribution in [0, 0.1) is 13.8 Å². The van der Waals surface area contributed by atoms with Crippen LogP contribution in [0.15, 0.2) is 35.2 Å². The summed E-state index contributed by atoms with van der Waals surface area (Å²) in [6.07, 6.45) is 0. The Kier molecular flexibility index (Phi) is 5.22. The van der Waals surface area contributed by atoms with Gasteiger partial charge >= 0.3 is 5.97 Å². The Morgan fingerprint density at radius 2 is 1.60 bits per heavy atom. The first-order chi connectivity index (χ1) is 11.7. The van der Waals surface area contributed by atoms with E-state index in [-0.39, 0.29) is 21.9 Å². The van der Waals surface area contributed by atoms with Crippen molar-refractivity contribution in [2.75, 3.05) is 18.9 Å². The van der Waals surface area contributed by atoms with E-state index in [4.69, 9.17) is 14.6 Å². The number of ether oxygens (including phenoxy) is 2. The fourth-order valence-corrected chi connectivity index (χ4v) is 3.68. The summed E-state index contributed by atoms with van der Waals surface area (Å²) in [5, 5.41) is 9.08. The van der Waals surface area contributed by atoms with Crippen molar-refractivity contribution >= 4 is 21.7 Å². The zero-order chi connectivity index (χ0) is 18.8. The topological polar surface area (TPSA) is 102 Å². The van der Waals surface area contributed by atoms with Crippen LogP contribution in [0.2, 0.25) is 0 Å². The van der Waals surface area contributed by atoms with E-state index in [1.54, 1.807) is 26.0 Å². The molecule has 0 fully saturated rings. The molecule has 2 N–H and O–H groups in total. The van der Waals surface area contributed by atoms with E-state index in [1.807, 2.05) is 0 Å². The number of aryl methyl sites for hydroxylation is 2. The zero-order valence-electron chi connectivity index (χ0n) is 14.3.